The Bertz CT molecular complexity index is 144. The number of carbonyl (C=O) groups is 1. The Hall–Kier alpha value is -0.970. The quantitative estimate of drug-likeness (QED) is 0.437. The summed E-state index contributed by atoms with van der Waals surface area (Å²) in [6.07, 6.45) is 6.24. The third-order valence-electron chi connectivity index (χ3n) is 1.13. The largest absolute Gasteiger partial charge is 0.462 e. The summed E-state index contributed by atoms with van der Waals surface area (Å²) >= 11 is 0. The molecule has 0 bridgehead atoms. The number of esters is 1. The van der Waals surface area contributed by atoms with E-state index < -0.39 is 0 Å². The summed E-state index contributed by atoms with van der Waals surface area (Å²) in [5, 5.41) is 0. The Morgan fingerprint density at radius 1 is 1.80 bits per heavy atom. The van der Waals surface area contributed by atoms with Gasteiger partial charge in [-0.3, -0.25) is 4.79 Å². The average Bonchev–Trinajstić information content (AvgIpc) is 1.86. The lowest BCUT2D eigenvalue weighted by Crippen LogP contribution is -2.14. The minimum Gasteiger partial charge on any atom is -0.462 e. The first-order chi connectivity index (χ1) is 4.70. The Balaban J connectivity index is 3.62. The first kappa shape index (κ1) is 9.03. The molecule has 0 aliphatic carbocycles. The zero-order valence-electron chi connectivity index (χ0n) is 6.39. The van der Waals surface area contributed by atoms with Crippen LogP contribution in [0, 0.1) is 12.3 Å². The summed E-state index contributed by atoms with van der Waals surface area (Å²) in [7, 11) is 0. The van der Waals surface area contributed by atoms with Crippen molar-refractivity contribution < 1.29 is 9.53 Å². The van der Waals surface area contributed by atoms with Crippen molar-refractivity contribution >= 4 is 5.97 Å². The van der Waals surface area contributed by atoms with Crippen molar-refractivity contribution in [1.29, 1.82) is 0 Å². The van der Waals surface area contributed by atoms with Crippen LogP contribution in [0.1, 0.15) is 26.7 Å². The van der Waals surface area contributed by atoms with Crippen LogP contribution >= 0.6 is 0 Å². The van der Waals surface area contributed by atoms with E-state index in [1.807, 2.05) is 6.92 Å². The smallest absolute Gasteiger partial charge is 0.302 e. The number of ether oxygens (including phenoxy) is 1. The van der Waals surface area contributed by atoms with Crippen LogP contribution in [0.3, 0.4) is 0 Å². The molecule has 10 heavy (non-hydrogen) atoms. The number of hydrogen-bond donors (Lipinski definition) is 0. The maximum Gasteiger partial charge on any atom is 0.302 e. The van der Waals surface area contributed by atoms with Gasteiger partial charge in [0, 0.05) is 13.3 Å². The molecule has 2 nitrogen and oxygen atoms in total. The Labute approximate surface area is 61.6 Å². The molecule has 0 saturated carbocycles. The van der Waals surface area contributed by atoms with E-state index in [1.54, 1.807) is 0 Å². The summed E-state index contributed by atoms with van der Waals surface area (Å²) in [6.45, 7) is 3.32. The third-order valence-corrected chi connectivity index (χ3v) is 1.13. The highest BCUT2D eigenvalue weighted by atomic mass is 16.5. The van der Waals surface area contributed by atoms with Crippen molar-refractivity contribution in [3.05, 3.63) is 0 Å². The number of terminal acetylenes is 1. The molecular weight excluding hydrogens is 128 g/mol. The Morgan fingerprint density at radius 3 is 2.70 bits per heavy atom. The van der Waals surface area contributed by atoms with E-state index in [1.165, 1.54) is 6.92 Å². The molecule has 1 atom stereocenters. The molecule has 0 saturated heterocycles. The van der Waals surface area contributed by atoms with Crippen molar-refractivity contribution in [2.24, 2.45) is 0 Å². The van der Waals surface area contributed by atoms with Crippen molar-refractivity contribution in [2.75, 3.05) is 0 Å². The van der Waals surface area contributed by atoms with Gasteiger partial charge in [-0.15, -0.1) is 12.3 Å². The van der Waals surface area contributed by atoms with Gasteiger partial charge in [0.25, 0.3) is 0 Å². The van der Waals surface area contributed by atoms with Gasteiger partial charge in [-0.2, -0.15) is 0 Å². The Kier molecular flexibility index (Phi) is 4.39. The van der Waals surface area contributed by atoms with Gasteiger partial charge in [0.1, 0.15) is 6.10 Å². The second kappa shape index (κ2) is 4.87. The normalized spacial score (nSPS) is 11.7. The summed E-state index contributed by atoms with van der Waals surface area (Å²) in [5.41, 5.74) is 0. The van der Waals surface area contributed by atoms with Gasteiger partial charge < -0.3 is 4.74 Å². The van der Waals surface area contributed by atoms with Crippen LogP contribution in [0.4, 0.5) is 0 Å². The highest BCUT2D eigenvalue weighted by molar-refractivity contribution is 5.66. The zero-order chi connectivity index (χ0) is 7.98. The van der Waals surface area contributed by atoms with Gasteiger partial charge in [-0.05, 0) is 6.42 Å². The van der Waals surface area contributed by atoms with Crippen LogP contribution in [0.5, 0.6) is 0 Å². The van der Waals surface area contributed by atoms with Crippen LogP contribution in [-0.4, -0.2) is 12.1 Å². The SMILES string of the molecule is C#CCC(CC)OC(C)=O. The standard InChI is InChI=1S/C8H12O2/c1-4-6-8(5-2)10-7(3)9/h1,8H,5-6H2,2-3H3. The molecule has 1 unspecified atom stereocenters. The molecule has 0 aromatic rings. The zero-order valence-corrected chi connectivity index (χ0v) is 6.39. The molecule has 0 amide bonds. The van der Waals surface area contributed by atoms with Crippen LogP contribution < -0.4 is 0 Å². The van der Waals surface area contributed by atoms with Gasteiger partial charge in [0.05, 0.1) is 0 Å². The second-order valence-corrected chi connectivity index (χ2v) is 2.05. The fourth-order valence-corrected chi connectivity index (χ4v) is 0.635. The number of carbonyl (C=O) groups excluding carboxylic acids is 1. The molecular formula is C8H12O2. The highest BCUT2D eigenvalue weighted by Crippen LogP contribution is 2.01. The van der Waals surface area contributed by atoms with Crippen LogP contribution in [0.15, 0.2) is 0 Å². The molecule has 0 heterocycles. The molecule has 0 aromatic carbocycles. The first-order valence-electron chi connectivity index (χ1n) is 3.31. The molecule has 56 valence electrons. The predicted octanol–water partition coefficient (Wildman–Crippen LogP) is 1.35. The molecule has 2 heteroatoms. The van der Waals surface area contributed by atoms with Gasteiger partial charge >= 0.3 is 5.97 Å². The minimum absolute atomic E-state index is 0.0949. The number of hydrogen-bond acceptors (Lipinski definition) is 2. The predicted molar refractivity (Wildman–Crippen MR) is 39.3 cm³/mol. The fraction of sp³-hybridized carbons (Fsp3) is 0.625. The lowest BCUT2D eigenvalue weighted by molar-refractivity contribution is -0.146. The molecule has 0 spiro atoms. The number of rotatable bonds is 3. The molecule has 0 radical (unpaired) electrons. The summed E-state index contributed by atoms with van der Waals surface area (Å²) < 4.78 is 4.86. The maximum atomic E-state index is 10.4. The first-order valence-corrected chi connectivity index (χ1v) is 3.31. The van der Waals surface area contributed by atoms with Gasteiger partial charge in [0.15, 0.2) is 0 Å². The molecule has 0 fully saturated rings. The highest BCUT2D eigenvalue weighted by Gasteiger charge is 2.06. The Morgan fingerprint density at radius 2 is 2.40 bits per heavy atom. The van der Waals surface area contributed by atoms with Crippen LogP contribution in [0.25, 0.3) is 0 Å². The molecule has 0 N–H and O–H groups in total. The molecule has 0 aliphatic heterocycles. The van der Waals surface area contributed by atoms with Gasteiger partial charge in [-0.25, -0.2) is 0 Å². The van der Waals surface area contributed by atoms with Crippen LogP contribution in [0.2, 0.25) is 0 Å². The summed E-state index contributed by atoms with van der Waals surface area (Å²) in [6, 6.07) is 0. The fourth-order valence-electron chi connectivity index (χ4n) is 0.635. The van der Waals surface area contributed by atoms with E-state index in [4.69, 9.17) is 11.2 Å². The lowest BCUT2D eigenvalue weighted by atomic mass is 10.2. The maximum absolute atomic E-state index is 10.4. The third kappa shape index (κ3) is 3.96. The molecule has 0 rings (SSSR count). The molecule has 0 aromatic heterocycles. The van der Waals surface area contributed by atoms with Crippen molar-refractivity contribution in [1.82, 2.24) is 0 Å². The summed E-state index contributed by atoms with van der Waals surface area (Å²) in [5.74, 6) is 2.18. The van der Waals surface area contributed by atoms with Crippen molar-refractivity contribution in [3.63, 3.8) is 0 Å². The van der Waals surface area contributed by atoms with Crippen molar-refractivity contribution in [3.8, 4) is 12.3 Å². The average molecular weight is 140 g/mol. The minimum atomic E-state index is -0.262. The van der Waals surface area contributed by atoms with Gasteiger partial charge in [0.2, 0.25) is 0 Å². The van der Waals surface area contributed by atoms with E-state index in [-0.39, 0.29) is 12.1 Å². The van der Waals surface area contributed by atoms with E-state index >= 15 is 0 Å². The van der Waals surface area contributed by atoms with Crippen LogP contribution in [-0.2, 0) is 9.53 Å². The van der Waals surface area contributed by atoms with E-state index in [0.29, 0.717) is 6.42 Å². The van der Waals surface area contributed by atoms with Gasteiger partial charge in [-0.1, -0.05) is 6.92 Å². The lowest BCUT2D eigenvalue weighted by Gasteiger charge is -2.10. The van der Waals surface area contributed by atoms with E-state index in [0.717, 1.165) is 6.42 Å². The summed E-state index contributed by atoms with van der Waals surface area (Å²) in [4.78, 5) is 10.4. The van der Waals surface area contributed by atoms with E-state index in [2.05, 4.69) is 5.92 Å². The molecule has 0 aliphatic rings. The topological polar surface area (TPSA) is 26.3 Å². The monoisotopic (exact) mass is 140 g/mol. The van der Waals surface area contributed by atoms with E-state index in [9.17, 15) is 4.79 Å². The van der Waals surface area contributed by atoms with Crippen molar-refractivity contribution in [2.45, 2.75) is 32.8 Å². The second-order valence-electron chi connectivity index (χ2n) is 2.05.